The Balaban J connectivity index is 2.29. The summed E-state index contributed by atoms with van der Waals surface area (Å²) >= 11 is 0. The third kappa shape index (κ3) is 3.12. The highest BCUT2D eigenvalue weighted by Crippen LogP contribution is 2.27. The largest absolute Gasteiger partial charge is 0.508 e. The molecule has 1 unspecified atom stereocenters. The maximum Gasteiger partial charge on any atom is 0.115 e. The van der Waals surface area contributed by atoms with Crippen molar-refractivity contribution in [1.29, 1.82) is 5.26 Å². The van der Waals surface area contributed by atoms with E-state index in [-0.39, 0.29) is 5.75 Å². The smallest absolute Gasteiger partial charge is 0.115 e. The molecule has 2 rings (SSSR count). The lowest BCUT2D eigenvalue weighted by Gasteiger charge is -2.24. The van der Waals surface area contributed by atoms with Gasteiger partial charge in [0.2, 0.25) is 0 Å². The summed E-state index contributed by atoms with van der Waals surface area (Å²) in [6, 6.07) is 15.8. The quantitative estimate of drug-likeness (QED) is 0.884. The van der Waals surface area contributed by atoms with Gasteiger partial charge in [0.1, 0.15) is 5.75 Å². The van der Waals surface area contributed by atoms with Gasteiger partial charge in [0.25, 0.3) is 0 Å². The summed E-state index contributed by atoms with van der Waals surface area (Å²) in [5.41, 5.74) is 0.969. The van der Waals surface area contributed by atoms with E-state index in [1.165, 1.54) is 0 Å². The standard InChI is InChI=1S/C16H15NO2/c1-16(19,10-12-4-3-7-15(18)9-12)14-6-2-5-13(8-14)11-17/h2-9,18-19H,10H2,1H3. The van der Waals surface area contributed by atoms with Crippen LogP contribution in [0.3, 0.4) is 0 Å². The summed E-state index contributed by atoms with van der Waals surface area (Å²) in [6.07, 6.45) is 0.371. The van der Waals surface area contributed by atoms with Crippen molar-refractivity contribution in [1.82, 2.24) is 0 Å². The van der Waals surface area contributed by atoms with Crippen molar-refractivity contribution in [2.24, 2.45) is 0 Å². The minimum absolute atomic E-state index is 0.180. The van der Waals surface area contributed by atoms with E-state index < -0.39 is 5.60 Å². The molecule has 19 heavy (non-hydrogen) atoms. The molecule has 0 saturated carbocycles. The first-order chi connectivity index (χ1) is 9.01. The Morgan fingerprint density at radius 1 is 1.16 bits per heavy atom. The van der Waals surface area contributed by atoms with Crippen LogP contribution in [-0.2, 0) is 12.0 Å². The molecule has 0 bridgehead atoms. The second-order valence-corrected chi connectivity index (χ2v) is 4.81. The van der Waals surface area contributed by atoms with Gasteiger partial charge in [0, 0.05) is 6.42 Å². The number of phenolic OH excluding ortho intramolecular Hbond substituents is 1. The average molecular weight is 253 g/mol. The lowest BCUT2D eigenvalue weighted by molar-refractivity contribution is 0.0576. The van der Waals surface area contributed by atoms with E-state index in [1.807, 2.05) is 6.07 Å². The monoisotopic (exact) mass is 253 g/mol. The summed E-state index contributed by atoms with van der Waals surface area (Å²) < 4.78 is 0. The predicted molar refractivity (Wildman–Crippen MR) is 72.5 cm³/mol. The molecule has 0 radical (unpaired) electrons. The van der Waals surface area contributed by atoms with Crippen molar-refractivity contribution in [2.75, 3.05) is 0 Å². The van der Waals surface area contributed by atoms with Crippen LogP contribution in [0, 0.1) is 11.3 Å². The predicted octanol–water partition coefficient (Wildman–Crippen LogP) is 2.71. The topological polar surface area (TPSA) is 64.2 Å². The molecule has 0 aliphatic carbocycles. The van der Waals surface area contributed by atoms with Crippen LogP contribution < -0.4 is 0 Å². The van der Waals surface area contributed by atoms with Crippen molar-refractivity contribution in [2.45, 2.75) is 18.9 Å². The van der Waals surface area contributed by atoms with Crippen LogP contribution in [0.25, 0.3) is 0 Å². The minimum atomic E-state index is -1.08. The zero-order valence-electron chi connectivity index (χ0n) is 10.7. The molecule has 0 heterocycles. The second kappa shape index (κ2) is 5.13. The van der Waals surface area contributed by atoms with Crippen LogP contribution >= 0.6 is 0 Å². The number of nitriles is 1. The number of nitrogens with zero attached hydrogens (tertiary/aromatic N) is 1. The molecule has 0 amide bonds. The second-order valence-electron chi connectivity index (χ2n) is 4.81. The molecule has 3 heteroatoms. The van der Waals surface area contributed by atoms with Gasteiger partial charge in [-0.2, -0.15) is 5.26 Å². The first-order valence-corrected chi connectivity index (χ1v) is 6.02. The van der Waals surface area contributed by atoms with Gasteiger partial charge in [0.15, 0.2) is 0 Å². The van der Waals surface area contributed by atoms with Gasteiger partial charge in [-0.1, -0.05) is 24.3 Å². The van der Waals surface area contributed by atoms with Crippen molar-refractivity contribution in [3.05, 3.63) is 65.2 Å². The number of benzene rings is 2. The molecule has 2 N–H and O–H groups in total. The number of aliphatic hydroxyl groups is 1. The van der Waals surface area contributed by atoms with Gasteiger partial charge in [0.05, 0.1) is 17.2 Å². The van der Waals surface area contributed by atoms with E-state index in [4.69, 9.17) is 5.26 Å². The Bertz CT molecular complexity index is 627. The van der Waals surface area contributed by atoms with Crippen LogP contribution in [0.1, 0.15) is 23.6 Å². The molecule has 0 fully saturated rings. The van der Waals surface area contributed by atoms with Crippen LogP contribution in [-0.4, -0.2) is 10.2 Å². The number of hydrogen-bond acceptors (Lipinski definition) is 3. The number of rotatable bonds is 3. The summed E-state index contributed by atoms with van der Waals surface area (Å²) in [7, 11) is 0. The average Bonchev–Trinajstić information content (AvgIpc) is 2.38. The Labute approximate surface area is 112 Å². The molecule has 96 valence electrons. The Hall–Kier alpha value is -2.31. The molecule has 1 atom stereocenters. The van der Waals surface area contributed by atoms with E-state index in [0.717, 1.165) is 5.56 Å². The molecule has 2 aromatic rings. The van der Waals surface area contributed by atoms with E-state index in [2.05, 4.69) is 6.07 Å². The number of phenols is 1. The molecule has 0 saturated heterocycles. The Morgan fingerprint density at radius 2 is 1.89 bits per heavy atom. The highest BCUT2D eigenvalue weighted by molar-refractivity contribution is 5.37. The minimum Gasteiger partial charge on any atom is -0.508 e. The molecule has 3 nitrogen and oxygen atoms in total. The van der Waals surface area contributed by atoms with Crippen LogP contribution in [0.4, 0.5) is 0 Å². The Kier molecular flexibility index (Phi) is 3.55. The zero-order chi connectivity index (χ0) is 13.9. The Morgan fingerprint density at radius 3 is 2.58 bits per heavy atom. The number of aromatic hydroxyl groups is 1. The SMILES string of the molecule is CC(O)(Cc1cccc(O)c1)c1cccc(C#N)c1. The van der Waals surface area contributed by atoms with E-state index in [0.29, 0.717) is 17.5 Å². The molecular formula is C16H15NO2. The van der Waals surface area contributed by atoms with Gasteiger partial charge in [-0.05, 0) is 42.3 Å². The lowest BCUT2D eigenvalue weighted by Crippen LogP contribution is -2.24. The van der Waals surface area contributed by atoms with Crippen LogP contribution in [0.5, 0.6) is 5.75 Å². The third-order valence-electron chi connectivity index (χ3n) is 3.07. The first kappa shape index (κ1) is 13.1. The van der Waals surface area contributed by atoms with Crippen molar-refractivity contribution < 1.29 is 10.2 Å². The highest BCUT2D eigenvalue weighted by Gasteiger charge is 2.23. The summed E-state index contributed by atoms with van der Waals surface area (Å²) in [5.74, 6) is 0.180. The first-order valence-electron chi connectivity index (χ1n) is 6.02. The fourth-order valence-electron chi connectivity index (χ4n) is 2.09. The molecular weight excluding hydrogens is 238 g/mol. The maximum absolute atomic E-state index is 10.6. The van der Waals surface area contributed by atoms with Crippen molar-refractivity contribution >= 4 is 0 Å². The lowest BCUT2D eigenvalue weighted by atomic mass is 9.88. The molecule has 0 aliphatic heterocycles. The molecule has 2 aromatic carbocycles. The fraction of sp³-hybridized carbons (Fsp3) is 0.188. The summed E-state index contributed by atoms with van der Waals surface area (Å²) in [5, 5.41) is 28.9. The van der Waals surface area contributed by atoms with Gasteiger partial charge in [-0.15, -0.1) is 0 Å². The normalized spacial score (nSPS) is 13.5. The zero-order valence-corrected chi connectivity index (χ0v) is 10.7. The molecule has 0 spiro atoms. The van der Waals surface area contributed by atoms with E-state index in [9.17, 15) is 10.2 Å². The molecule has 0 aromatic heterocycles. The van der Waals surface area contributed by atoms with E-state index in [1.54, 1.807) is 49.4 Å². The number of hydrogen-bond donors (Lipinski definition) is 2. The van der Waals surface area contributed by atoms with Crippen molar-refractivity contribution in [3.63, 3.8) is 0 Å². The van der Waals surface area contributed by atoms with E-state index >= 15 is 0 Å². The van der Waals surface area contributed by atoms with Gasteiger partial charge >= 0.3 is 0 Å². The maximum atomic E-state index is 10.6. The molecule has 0 aliphatic rings. The van der Waals surface area contributed by atoms with Crippen molar-refractivity contribution in [3.8, 4) is 11.8 Å². The fourth-order valence-corrected chi connectivity index (χ4v) is 2.09. The third-order valence-corrected chi connectivity index (χ3v) is 3.07. The summed E-state index contributed by atoms with van der Waals surface area (Å²) in [4.78, 5) is 0. The van der Waals surface area contributed by atoms with Gasteiger partial charge in [-0.3, -0.25) is 0 Å². The highest BCUT2D eigenvalue weighted by atomic mass is 16.3. The summed E-state index contributed by atoms with van der Waals surface area (Å²) in [6.45, 7) is 1.70. The van der Waals surface area contributed by atoms with Gasteiger partial charge < -0.3 is 10.2 Å². The van der Waals surface area contributed by atoms with Crippen LogP contribution in [0.15, 0.2) is 48.5 Å². The van der Waals surface area contributed by atoms with Crippen LogP contribution in [0.2, 0.25) is 0 Å². The van der Waals surface area contributed by atoms with Gasteiger partial charge in [-0.25, -0.2) is 0 Å².